The van der Waals surface area contributed by atoms with Gasteiger partial charge in [0.1, 0.15) is 0 Å². The molecule has 2 aromatic rings. The van der Waals surface area contributed by atoms with Gasteiger partial charge in [0.2, 0.25) is 0 Å². The zero-order chi connectivity index (χ0) is 14.5. The van der Waals surface area contributed by atoms with E-state index in [4.69, 9.17) is 5.73 Å². The van der Waals surface area contributed by atoms with Gasteiger partial charge in [0.05, 0.1) is 36.9 Å². The minimum Gasteiger partial charge on any atom is -0.396 e. The molecular formula is C13H20N6O. The van der Waals surface area contributed by atoms with Crippen molar-refractivity contribution in [1.29, 1.82) is 0 Å². The average molecular weight is 276 g/mol. The van der Waals surface area contributed by atoms with Crippen LogP contribution in [0.5, 0.6) is 0 Å². The summed E-state index contributed by atoms with van der Waals surface area (Å²) in [6.45, 7) is 4.03. The van der Waals surface area contributed by atoms with Crippen molar-refractivity contribution in [2.45, 2.75) is 26.4 Å². The zero-order valence-electron chi connectivity index (χ0n) is 11.9. The first kappa shape index (κ1) is 14.1. The molecule has 2 N–H and O–H groups in total. The Kier molecular flexibility index (Phi) is 4.39. The van der Waals surface area contributed by atoms with Crippen molar-refractivity contribution in [1.82, 2.24) is 19.6 Å². The maximum Gasteiger partial charge on any atom is 0.268 e. The van der Waals surface area contributed by atoms with E-state index >= 15 is 0 Å². The lowest BCUT2D eigenvalue weighted by Gasteiger charge is -2.17. The molecule has 20 heavy (non-hydrogen) atoms. The Balaban J connectivity index is 2.04. The average Bonchev–Trinajstić information content (AvgIpc) is 2.83. The molecule has 0 amide bonds. The standard InChI is InChI=1S/C13H20N6O/c1-3-4-17(2)12-7-13(20)19(16-9-12)6-5-18-10-11(14)8-15-18/h7-10H,3-6,14H2,1-2H3. The van der Waals surface area contributed by atoms with Crippen molar-refractivity contribution in [3.63, 3.8) is 0 Å². The summed E-state index contributed by atoms with van der Waals surface area (Å²) in [6.07, 6.45) is 6.06. The fourth-order valence-electron chi connectivity index (χ4n) is 1.96. The second-order valence-electron chi connectivity index (χ2n) is 4.73. The number of aromatic nitrogens is 4. The van der Waals surface area contributed by atoms with Gasteiger partial charge < -0.3 is 10.6 Å². The minimum absolute atomic E-state index is 0.106. The Hall–Kier alpha value is -2.31. The van der Waals surface area contributed by atoms with E-state index in [-0.39, 0.29) is 5.56 Å². The van der Waals surface area contributed by atoms with Crippen molar-refractivity contribution < 1.29 is 0 Å². The van der Waals surface area contributed by atoms with E-state index in [0.717, 1.165) is 18.7 Å². The molecule has 108 valence electrons. The number of nitrogens with two attached hydrogens (primary N) is 1. The van der Waals surface area contributed by atoms with Crippen LogP contribution in [0.3, 0.4) is 0 Å². The summed E-state index contributed by atoms with van der Waals surface area (Å²) in [4.78, 5) is 14.0. The number of anilines is 2. The molecule has 0 saturated carbocycles. The highest BCUT2D eigenvalue weighted by molar-refractivity contribution is 5.41. The number of nitrogen functional groups attached to an aromatic ring is 1. The molecular weight excluding hydrogens is 256 g/mol. The number of nitrogens with zero attached hydrogens (tertiary/aromatic N) is 5. The first-order valence-corrected chi connectivity index (χ1v) is 6.66. The van der Waals surface area contributed by atoms with Crippen LogP contribution in [0.2, 0.25) is 0 Å². The first-order chi connectivity index (χ1) is 9.60. The number of hydrogen-bond donors (Lipinski definition) is 1. The van der Waals surface area contributed by atoms with Gasteiger partial charge in [-0.15, -0.1) is 0 Å². The largest absolute Gasteiger partial charge is 0.396 e. The van der Waals surface area contributed by atoms with E-state index in [1.807, 2.05) is 11.9 Å². The van der Waals surface area contributed by atoms with Gasteiger partial charge in [-0.3, -0.25) is 9.48 Å². The molecule has 0 fully saturated rings. The van der Waals surface area contributed by atoms with Gasteiger partial charge in [0, 0.05) is 25.9 Å². The fraction of sp³-hybridized carbons (Fsp3) is 0.462. The van der Waals surface area contributed by atoms with Crippen LogP contribution in [0, 0.1) is 0 Å². The highest BCUT2D eigenvalue weighted by atomic mass is 16.1. The second kappa shape index (κ2) is 6.23. The van der Waals surface area contributed by atoms with Gasteiger partial charge in [-0.05, 0) is 6.42 Å². The Morgan fingerprint density at radius 1 is 1.30 bits per heavy atom. The summed E-state index contributed by atoms with van der Waals surface area (Å²) in [5, 5.41) is 8.26. The lowest BCUT2D eigenvalue weighted by molar-refractivity contribution is 0.482. The second-order valence-corrected chi connectivity index (χ2v) is 4.73. The maximum absolute atomic E-state index is 12.0. The van der Waals surface area contributed by atoms with Gasteiger partial charge in [0.15, 0.2) is 0 Å². The third kappa shape index (κ3) is 3.37. The maximum atomic E-state index is 12.0. The van der Waals surface area contributed by atoms with E-state index in [2.05, 4.69) is 17.1 Å². The van der Waals surface area contributed by atoms with Crippen LogP contribution < -0.4 is 16.2 Å². The zero-order valence-corrected chi connectivity index (χ0v) is 11.9. The highest BCUT2D eigenvalue weighted by Crippen LogP contribution is 2.07. The quantitative estimate of drug-likeness (QED) is 0.834. The lowest BCUT2D eigenvalue weighted by atomic mass is 10.3. The molecule has 0 aliphatic rings. The third-order valence-electron chi connectivity index (χ3n) is 3.05. The van der Waals surface area contributed by atoms with E-state index in [0.29, 0.717) is 18.8 Å². The number of rotatable bonds is 6. The molecule has 2 rings (SSSR count). The third-order valence-corrected chi connectivity index (χ3v) is 3.05. The van der Waals surface area contributed by atoms with Crippen LogP contribution in [0.1, 0.15) is 13.3 Å². The molecule has 0 aliphatic carbocycles. The summed E-state index contributed by atoms with van der Waals surface area (Å²) in [6, 6.07) is 1.61. The normalized spacial score (nSPS) is 10.7. The van der Waals surface area contributed by atoms with E-state index in [1.165, 1.54) is 4.68 Å². The smallest absolute Gasteiger partial charge is 0.268 e. The summed E-state index contributed by atoms with van der Waals surface area (Å²) < 4.78 is 3.13. The SMILES string of the molecule is CCCN(C)c1cnn(CCn2cc(N)cn2)c(=O)c1. The van der Waals surface area contributed by atoms with Crippen molar-refractivity contribution in [3.8, 4) is 0 Å². The Bertz CT molecular complexity index is 617. The Morgan fingerprint density at radius 3 is 2.70 bits per heavy atom. The van der Waals surface area contributed by atoms with Gasteiger partial charge >= 0.3 is 0 Å². The summed E-state index contributed by atoms with van der Waals surface area (Å²) in [5.41, 5.74) is 6.94. The van der Waals surface area contributed by atoms with Gasteiger partial charge in [0.25, 0.3) is 5.56 Å². The Morgan fingerprint density at radius 2 is 2.10 bits per heavy atom. The van der Waals surface area contributed by atoms with Crippen LogP contribution in [-0.4, -0.2) is 33.2 Å². The molecule has 0 aromatic carbocycles. The summed E-state index contributed by atoms with van der Waals surface area (Å²) in [5.74, 6) is 0. The summed E-state index contributed by atoms with van der Waals surface area (Å²) >= 11 is 0. The van der Waals surface area contributed by atoms with Crippen LogP contribution in [-0.2, 0) is 13.1 Å². The molecule has 0 aliphatic heterocycles. The van der Waals surface area contributed by atoms with Crippen LogP contribution >= 0.6 is 0 Å². The fourth-order valence-corrected chi connectivity index (χ4v) is 1.96. The predicted octanol–water partition coefficient (Wildman–Crippen LogP) is 0.568. The predicted molar refractivity (Wildman–Crippen MR) is 78.7 cm³/mol. The summed E-state index contributed by atoms with van der Waals surface area (Å²) in [7, 11) is 1.96. The lowest BCUT2D eigenvalue weighted by Crippen LogP contribution is -2.27. The van der Waals surface area contributed by atoms with Crippen molar-refractivity contribution >= 4 is 11.4 Å². The molecule has 2 heterocycles. The monoisotopic (exact) mass is 276 g/mol. The topological polar surface area (TPSA) is 82.0 Å². The first-order valence-electron chi connectivity index (χ1n) is 6.66. The molecule has 0 spiro atoms. The molecule has 7 nitrogen and oxygen atoms in total. The van der Waals surface area contributed by atoms with Gasteiger partial charge in [-0.2, -0.15) is 10.2 Å². The van der Waals surface area contributed by atoms with E-state index < -0.39 is 0 Å². The van der Waals surface area contributed by atoms with Crippen LogP contribution in [0.25, 0.3) is 0 Å². The molecule has 0 bridgehead atoms. The highest BCUT2D eigenvalue weighted by Gasteiger charge is 2.04. The van der Waals surface area contributed by atoms with E-state index in [1.54, 1.807) is 29.3 Å². The molecule has 7 heteroatoms. The van der Waals surface area contributed by atoms with Crippen molar-refractivity contribution in [2.75, 3.05) is 24.2 Å². The molecule has 0 radical (unpaired) electrons. The van der Waals surface area contributed by atoms with Gasteiger partial charge in [-0.25, -0.2) is 4.68 Å². The van der Waals surface area contributed by atoms with Gasteiger partial charge in [-0.1, -0.05) is 6.92 Å². The minimum atomic E-state index is -0.106. The number of aryl methyl sites for hydroxylation is 2. The Labute approximate surface area is 117 Å². The van der Waals surface area contributed by atoms with Crippen LogP contribution in [0.15, 0.2) is 29.5 Å². The molecule has 2 aromatic heterocycles. The molecule has 0 atom stereocenters. The van der Waals surface area contributed by atoms with Crippen molar-refractivity contribution in [2.24, 2.45) is 0 Å². The molecule has 0 saturated heterocycles. The van der Waals surface area contributed by atoms with Crippen LogP contribution in [0.4, 0.5) is 11.4 Å². The molecule has 0 unspecified atom stereocenters. The number of hydrogen-bond acceptors (Lipinski definition) is 5. The van der Waals surface area contributed by atoms with Crippen molar-refractivity contribution in [3.05, 3.63) is 35.0 Å². The van der Waals surface area contributed by atoms with E-state index in [9.17, 15) is 4.79 Å².